The van der Waals surface area contributed by atoms with Gasteiger partial charge >= 0.3 is 0 Å². The molecule has 112 valence electrons. The van der Waals surface area contributed by atoms with Crippen LogP contribution >= 0.6 is 11.6 Å². The number of anilines is 1. The first-order valence-electron chi connectivity index (χ1n) is 6.65. The zero-order chi connectivity index (χ0) is 15.9. The summed E-state index contributed by atoms with van der Waals surface area (Å²) in [5, 5.41) is 5.87. The number of amides is 2. The van der Waals surface area contributed by atoms with Crippen LogP contribution in [0.5, 0.6) is 0 Å². The molecule has 2 aromatic carbocycles. The maximum absolute atomic E-state index is 11.8. The molecule has 2 aromatic rings. The molecular formula is C17H15ClN2O2. The first-order valence-corrected chi connectivity index (χ1v) is 7.03. The monoisotopic (exact) mass is 314 g/mol. The molecule has 0 aliphatic carbocycles. The van der Waals surface area contributed by atoms with Crippen molar-refractivity contribution in [1.82, 2.24) is 5.32 Å². The van der Waals surface area contributed by atoms with Gasteiger partial charge in [-0.15, -0.1) is 0 Å². The van der Waals surface area contributed by atoms with Crippen LogP contribution in [0.3, 0.4) is 0 Å². The normalized spacial score (nSPS) is 10.5. The second-order valence-corrected chi connectivity index (χ2v) is 4.97. The van der Waals surface area contributed by atoms with Gasteiger partial charge in [-0.2, -0.15) is 0 Å². The number of hydrogen-bond donors (Lipinski definition) is 2. The lowest BCUT2D eigenvalue weighted by atomic mass is 10.2. The van der Waals surface area contributed by atoms with Crippen molar-refractivity contribution in [2.24, 2.45) is 0 Å². The minimum atomic E-state index is -0.257. The molecule has 0 aliphatic heterocycles. The molecule has 22 heavy (non-hydrogen) atoms. The molecule has 0 aromatic heterocycles. The summed E-state index contributed by atoms with van der Waals surface area (Å²) in [4.78, 5) is 23.2. The van der Waals surface area contributed by atoms with Gasteiger partial charge in [0.25, 0.3) is 5.91 Å². The molecule has 0 saturated carbocycles. The highest BCUT2D eigenvalue weighted by atomic mass is 35.5. The number of halogens is 1. The van der Waals surface area contributed by atoms with Crippen LogP contribution in [-0.4, -0.2) is 18.9 Å². The van der Waals surface area contributed by atoms with Gasteiger partial charge in [-0.25, -0.2) is 0 Å². The molecule has 2 amide bonds. The summed E-state index contributed by atoms with van der Waals surface area (Å²) in [5.41, 5.74) is 2.00. The first-order chi connectivity index (χ1) is 10.6. The third kappa shape index (κ3) is 4.46. The Bertz CT molecular complexity index is 709. The molecule has 0 heterocycles. The van der Waals surface area contributed by atoms with Gasteiger partial charge in [0.15, 0.2) is 0 Å². The molecular weight excluding hydrogens is 300 g/mol. The Kier molecular flexibility index (Phi) is 5.33. The van der Waals surface area contributed by atoms with Crippen molar-refractivity contribution < 1.29 is 9.59 Å². The molecule has 2 N–H and O–H groups in total. The Morgan fingerprint density at radius 1 is 1.09 bits per heavy atom. The fourth-order valence-electron chi connectivity index (χ4n) is 1.82. The molecule has 0 atom stereocenters. The average Bonchev–Trinajstić information content (AvgIpc) is 2.53. The third-order valence-electron chi connectivity index (χ3n) is 2.92. The van der Waals surface area contributed by atoms with Gasteiger partial charge < -0.3 is 10.6 Å². The van der Waals surface area contributed by atoms with Gasteiger partial charge in [-0.3, -0.25) is 9.59 Å². The van der Waals surface area contributed by atoms with Gasteiger partial charge in [-0.1, -0.05) is 23.7 Å². The Balaban J connectivity index is 1.98. The molecule has 0 fully saturated rings. The molecule has 0 bridgehead atoms. The van der Waals surface area contributed by atoms with E-state index in [1.165, 1.54) is 6.08 Å². The number of carbonyl (C=O) groups excluding carboxylic acids is 2. The molecule has 0 aliphatic rings. The van der Waals surface area contributed by atoms with Gasteiger partial charge in [-0.05, 0) is 48.0 Å². The summed E-state index contributed by atoms with van der Waals surface area (Å²) < 4.78 is 0. The second-order valence-electron chi connectivity index (χ2n) is 4.53. The van der Waals surface area contributed by atoms with E-state index in [0.717, 1.165) is 5.56 Å². The molecule has 0 saturated heterocycles. The number of nitrogens with one attached hydrogen (secondary N) is 2. The van der Waals surface area contributed by atoms with Crippen molar-refractivity contribution >= 4 is 35.2 Å². The van der Waals surface area contributed by atoms with Gasteiger partial charge in [0, 0.05) is 29.4 Å². The summed E-state index contributed by atoms with van der Waals surface area (Å²) in [6.45, 7) is 0. The molecule has 5 heteroatoms. The summed E-state index contributed by atoms with van der Waals surface area (Å²) in [6.07, 6.45) is 3.11. The lowest BCUT2D eigenvalue weighted by Crippen LogP contribution is -2.17. The van der Waals surface area contributed by atoms with Crippen LogP contribution in [0.1, 0.15) is 15.9 Å². The second kappa shape index (κ2) is 7.43. The van der Waals surface area contributed by atoms with Gasteiger partial charge in [0.2, 0.25) is 5.91 Å². The third-order valence-corrected chi connectivity index (χ3v) is 3.15. The standard InChI is InChI=1S/C17H15ClN2O2/c1-19-17(22)13-6-8-15(9-7-13)20-16(21)10-5-12-3-2-4-14(18)11-12/h2-11H,1H3,(H,19,22)(H,20,21)/b10-5+. The Hall–Kier alpha value is -2.59. The first kappa shape index (κ1) is 15.8. The van der Waals surface area contributed by atoms with Crippen molar-refractivity contribution in [3.63, 3.8) is 0 Å². The summed E-state index contributed by atoms with van der Waals surface area (Å²) in [7, 11) is 1.57. The lowest BCUT2D eigenvalue weighted by Gasteiger charge is -2.04. The Morgan fingerprint density at radius 2 is 1.82 bits per heavy atom. The fraction of sp³-hybridized carbons (Fsp3) is 0.0588. The van der Waals surface area contributed by atoms with Crippen LogP contribution in [0.15, 0.2) is 54.6 Å². The van der Waals surface area contributed by atoms with E-state index in [1.807, 2.05) is 12.1 Å². The van der Waals surface area contributed by atoms with E-state index >= 15 is 0 Å². The highest BCUT2D eigenvalue weighted by molar-refractivity contribution is 6.30. The van der Waals surface area contributed by atoms with Gasteiger partial charge in [0.05, 0.1) is 0 Å². The van der Waals surface area contributed by atoms with E-state index in [1.54, 1.807) is 49.5 Å². The number of benzene rings is 2. The Labute approximate surface area is 133 Å². The van der Waals surface area contributed by atoms with Crippen molar-refractivity contribution in [3.05, 3.63) is 70.8 Å². The number of hydrogen-bond acceptors (Lipinski definition) is 2. The number of carbonyl (C=O) groups is 2. The van der Waals surface area contributed by atoms with Crippen molar-refractivity contribution in [2.45, 2.75) is 0 Å². The smallest absolute Gasteiger partial charge is 0.251 e. The van der Waals surface area contributed by atoms with E-state index in [4.69, 9.17) is 11.6 Å². The van der Waals surface area contributed by atoms with Gasteiger partial charge in [0.1, 0.15) is 0 Å². The predicted octanol–water partition coefficient (Wildman–Crippen LogP) is 3.35. The molecule has 0 spiro atoms. The minimum Gasteiger partial charge on any atom is -0.355 e. The van der Waals surface area contributed by atoms with E-state index in [9.17, 15) is 9.59 Å². The van der Waals surface area contributed by atoms with E-state index in [2.05, 4.69) is 10.6 Å². The number of rotatable bonds is 4. The van der Waals surface area contributed by atoms with E-state index in [0.29, 0.717) is 16.3 Å². The zero-order valence-corrected chi connectivity index (χ0v) is 12.7. The average molecular weight is 315 g/mol. The van der Waals surface area contributed by atoms with Crippen LogP contribution < -0.4 is 10.6 Å². The molecule has 4 nitrogen and oxygen atoms in total. The zero-order valence-electron chi connectivity index (χ0n) is 12.0. The molecule has 2 rings (SSSR count). The van der Waals surface area contributed by atoms with Crippen molar-refractivity contribution in [3.8, 4) is 0 Å². The van der Waals surface area contributed by atoms with Crippen molar-refractivity contribution in [1.29, 1.82) is 0 Å². The highest BCUT2D eigenvalue weighted by Gasteiger charge is 2.03. The van der Waals surface area contributed by atoms with Crippen molar-refractivity contribution in [2.75, 3.05) is 12.4 Å². The van der Waals surface area contributed by atoms with E-state index in [-0.39, 0.29) is 11.8 Å². The summed E-state index contributed by atoms with van der Waals surface area (Å²) in [5.74, 6) is -0.425. The largest absolute Gasteiger partial charge is 0.355 e. The highest BCUT2D eigenvalue weighted by Crippen LogP contribution is 2.13. The maximum Gasteiger partial charge on any atom is 0.251 e. The van der Waals surface area contributed by atoms with Crippen LogP contribution in [0.2, 0.25) is 5.02 Å². The summed E-state index contributed by atoms with van der Waals surface area (Å²) >= 11 is 5.88. The molecule has 0 unspecified atom stereocenters. The maximum atomic E-state index is 11.8. The predicted molar refractivity (Wildman–Crippen MR) is 88.9 cm³/mol. The van der Waals surface area contributed by atoms with Crippen LogP contribution in [0, 0.1) is 0 Å². The lowest BCUT2D eigenvalue weighted by molar-refractivity contribution is -0.111. The van der Waals surface area contributed by atoms with Crippen LogP contribution in [0.25, 0.3) is 6.08 Å². The quantitative estimate of drug-likeness (QED) is 0.850. The van der Waals surface area contributed by atoms with Crippen LogP contribution in [-0.2, 0) is 4.79 Å². The minimum absolute atomic E-state index is 0.168. The topological polar surface area (TPSA) is 58.2 Å². The Morgan fingerprint density at radius 3 is 2.45 bits per heavy atom. The SMILES string of the molecule is CNC(=O)c1ccc(NC(=O)/C=C/c2cccc(Cl)c2)cc1. The fourth-order valence-corrected chi connectivity index (χ4v) is 2.01. The van der Waals surface area contributed by atoms with Crippen LogP contribution in [0.4, 0.5) is 5.69 Å². The van der Waals surface area contributed by atoms with E-state index < -0.39 is 0 Å². The summed E-state index contributed by atoms with van der Waals surface area (Å²) in [6, 6.07) is 13.9. The molecule has 0 radical (unpaired) electrons.